The van der Waals surface area contributed by atoms with Crippen molar-refractivity contribution >= 4 is 11.7 Å². The number of hydrogen-bond acceptors (Lipinski definition) is 3. The van der Waals surface area contributed by atoms with E-state index in [2.05, 4.69) is 5.32 Å². The standard InChI is InChI=1S/C28H19NO3/c30-26-19-12-4-5-13-20(19)27(31)29-28(26,18-10-2-1-3-11-18)25-21-14-6-8-16-23(21)32-24-17-9-7-15-22(24)25/h1-17,25H,(H,29,31). The minimum Gasteiger partial charge on any atom is -0.457 e. The van der Waals surface area contributed by atoms with Crippen molar-refractivity contribution in [2.24, 2.45) is 0 Å². The zero-order valence-corrected chi connectivity index (χ0v) is 17.1. The lowest BCUT2D eigenvalue weighted by Crippen LogP contribution is -2.59. The van der Waals surface area contributed by atoms with Crippen LogP contribution in [0.5, 0.6) is 11.5 Å². The molecule has 2 aliphatic rings. The molecule has 0 aliphatic carbocycles. The van der Waals surface area contributed by atoms with Crippen molar-refractivity contribution in [3.05, 3.63) is 131 Å². The molecular formula is C28H19NO3. The van der Waals surface area contributed by atoms with Crippen LogP contribution in [0.1, 0.15) is 43.3 Å². The second-order valence-electron chi connectivity index (χ2n) is 8.11. The topological polar surface area (TPSA) is 55.4 Å². The van der Waals surface area contributed by atoms with Crippen molar-refractivity contribution in [1.29, 1.82) is 0 Å². The second-order valence-corrected chi connectivity index (χ2v) is 8.11. The number of ketones is 1. The summed E-state index contributed by atoms with van der Waals surface area (Å²) in [6.07, 6.45) is 0. The van der Waals surface area contributed by atoms with E-state index in [1.807, 2.05) is 78.9 Å². The third kappa shape index (κ3) is 2.50. The fourth-order valence-electron chi connectivity index (χ4n) is 5.05. The molecule has 0 bridgehead atoms. The van der Waals surface area contributed by atoms with Crippen LogP contribution >= 0.6 is 0 Å². The summed E-state index contributed by atoms with van der Waals surface area (Å²) >= 11 is 0. The summed E-state index contributed by atoms with van der Waals surface area (Å²) in [5, 5.41) is 3.16. The van der Waals surface area contributed by atoms with E-state index in [0.29, 0.717) is 22.6 Å². The summed E-state index contributed by atoms with van der Waals surface area (Å²) < 4.78 is 6.19. The number of para-hydroxylation sites is 2. The average molecular weight is 417 g/mol. The SMILES string of the molecule is O=C1NC(c2ccccc2)(C2c3ccccc3Oc3ccccc32)C(=O)c2ccccc21. The van der Waals surface area contributed by atoms with Crippen LogP contribution in [0.25, 0.3) is 0 Å². The van der Waals surface area contributed by atoms with Gasteiger partial charge in [-0.2, -0.15) is 0 Å². The van der Waals surface area contributed by atoms with Crippen molar-refractivity contribution in [2.75, 3.05) is 0 Å². The molecule has 0 aromatic heterocycles. The minimum absolute atomic E-state index is 0.129. The first-order valence-corrected chi connectivity index (χ1v) is 10.6. The first-order chi connectivity index (χ1) is 15.7. The van der Waals surface area contributed by atoms with Gasteiger partial charge in [0.2, 0.25) is 0 Å². The smallest absolute Gasteiger partial charge is 0.253 e. The number of fused-ring (bicyclic) bond motifs is 3. The third-order valence-electron chi connectivity index (χ3n) is 6.43. The van der Waals surface area contributed by atoms with Crippen LogP contribution in [0, 0.1) is 0 Å². The number of carbonyl (C=O) groups is 2. The van der Waals surface area contributed by atoms with Crippen molar-refractivity contribution in [1.82, 2.24) is 5.32 Å². The molecule has 6 rings (SSSR count). The lowest BCUT2D eigenvalue weighted by molar-refractivity contribution is 0.0705. The molecule has 0 radical (unpaired) electrons. The highest BCUT2D eigenvalue weighted by molar-refractivity contribution is 6.18. The highest BCUT2D eigenvalue weighted by atomic mass is 16.5. The lowest BCUT2D eigenvalue weighted by atomic mass is 9.64. The maximum Gasteiger partial charge on any atom is 0.253 e. The Labute approximate surface area is 185 Å². The van der Waals surface area contributed by atoms with Gasteiger partial charge in [-0.3, -0.25) is 9.59 Å². The molecule has 0 saturated carbocycles. The first kappa shape index (κ1) is 18.6. The Kier molecular flexibility index (Phi) is 4.02. The molecule has 1 N–H and O–H groups in total. The Hall–Kier alpha value is -4.18. The van der Waals surface area contributed by atoms with Crippen LogP contribution in [-0.4, -0.2) is 11.7 Å². The summed E-state index contributed by atoms with van der Waals surface area (Å²) in [6, 6.07) is 32.0. The number of rotatable bonds is 2. The van der Waals surface area contributed by atoms with Gasteiger partial charge >= 0.3 is 0 Å². The van der Waals surface area contributed by atoms with Crippen LogP contribution in [0.15, 0.2) is 103 Å². The maximum absolute atomic E-state index is 14.3. The number of carbonyl (C=O) groups excluding carboxylic acids is 2. The number of amides is 1. The lowest BCUT2D eigenvalue weighted by Gasteiger charge is -2.45. The Bertz CT molecular complexity index is 1330. The van der Waals surface area contributed by atoms with Gasteiger partial charge in [-0.05, 0) is 23.8 Å². The van der Waals surface area contributed by atoms with E-state index in [1.54, 1.807) is 24.3 Å². The van der Waals surface area contributed by atoms with E-state index in [0.717, 1.165) is 16.7 Å². The summed E-state index contributed by atoms with van der Waals surface area (Å²) in [5.41, 5.74) is 1.98. The van der Waals surface area contributed by atoms with Gasteiger partial charge in [0.1, 0.15) is 17.0 Å². The van der Waals surface area contributed by atoms with Crippen molar-refractivity contribution in [3.8, 4) is 11.5 Å². The van der Waals surface area contributed by atoms with Crippen molar-refractivity contribution in [2.45, 2.75) is 11.5 Å². The van der Waals surface area contributed by atoms with Gasteiger partial charge in [0.05, 0.1) is 11.5 Å². The summed E-state index contributed by atoms with van der Waals surface area (Å²) in [7, 11) is 0. The van der Waals surface area contributed by atoms with E-state index in [1.165, 1.54) is 0 Å². The van der Waals surface area contributed by atoms with Crippen LogP contribution < -0.4 is 10.1 Å². The predicted octanol–water partition coefficient (Wildman–Crippen LogP) is 5.45. The van der Waals surface area contributed by atoms with Gasteiger partial charge in [-0.1, -0.05) is 84.9 Å². The second kappa shape index (κ2) is 6.92. The van der Waals surface area contributed by atoms with E-state index in [4.69, 9.17) is 4.74 Å². The molecule has 4 aromatic carbocycles. The molecule has 4 aromatic rings. The van der Waals surface area contributed by atoms with Gasteiger partial charge in [0.15, 0.2) is 5.78 Å². The highest BCUT2D eigenvalue weighted by Crippen LogP contribution is 2.53. The van der Waals surface area contributed by atoms with E-state index >= 15 is 0 Å². The highest BCUT2D eigenvalue weighted by Gasteiger charge is 2.55. The Morgan fingerprint density at radius 3 is 1.81 bits per heavy atom. The number of hydrogen-bond donors (Lipinski definition) is 1. The van der Waals surface area contributed by atoms with Crippen LogP contribution in [0.3, 0.4) is 0 Å². The Morgan fingerprint density at radius 2 is 1.16 bits per heavy atom. The molecule has 32 heavy (non-hydrogen) atoms. The van der Waals surface area contributed by atoms with Gasteiger partial charge in [0.25, 0.3) is 5.91 Å². The van der Waals surface area contributed by atoms with Crippen LogP contribution in [0.2, 0.25) is 0 Å². The first-order valence-electron chi connectivity index (χ1n) is 10.6. The number of nitrogens with one attached hydrogen (secondary N) is 1. The van der Waals surface area contributed by atoms with Crippen LogP contribution in [0.4, 0.5) is 0 Å². The van der Waals surface area contributed by atoms with Gasteiger partial charge in [0, 0.05) is 16.7 Å². The maximum atomic E-state index is 14.3. The van der Waals surface area contributed by atoms with Gasteiger partial charge in [-0.25, -0.2) is 0 Å². The Balaban J connectivity index is 1.71. The molecule has 1 atom stereocenters. The van der Waals surface area contributed by atoms with E-state index < -0.39 is 11.5 Å². The normalized spacial score (nSPS) is 19.2. The largest absolute Gasteiger partial charge is 0.457 e. The van der Waals surface area contributed by atoms with Crippen molar-refractivity contribution < 1.29 is 14.3 Å². The summed E-state index contributed by atoms with van der Waals surface area (Å²) in [6.45, 7) is 0. The minimum atomic E-state index is -1.32. The molecule has 2 heterocycles. The summed E-state index contributed by atoms with van der Waals surface area (Å²) in [5.74, 6) is 0.525. The molecule has 1 unspecified atom stereocenters. The Morgan fingerprint density at radius 1 is 0.625 bits per heavy atom. The average Bonchev–Trinajstić information content (AvgIpc) is 2.85. The predicted molar refractivity (Wildman–Crippen MR) is 121 cm³/mol. The quantitative estimate of drug-likeness (QED) is 0.472. The number of ether oxygens (including phenoxy) is 1. The molecule has 0 saturated heterocycles. The van der Waals surface area contributed by atoms with Crippen molar-refractivity contribution in [3.63, 3.8) is 0 Å². The number of Topliss-reactive ketones (excluding diaryl/α,β-unsaturated/α-hetero) is 1. The fourth-order valence-corrected chi connectivity index (χ4v) is 5.05. The third-order valence-corrected chi connectivity index (χ3v) is 6.43. The van der Waals surface area contributed by atoms with Gasteiger partial charge < -0.3 is 10.1 Å². The molecular weight excluding hydrogens is 398 g/mol. The van der Waals surface area contributed by atoms with Crippen LogP contribution in [-0.2, 0) is 5.54 Å². The molecule has 4 nitrogen and oxygen atoms in total. The molecule has 154 valence electrons. The molecule has 1 amide bonds. The zero-order valence-electron chi connectivity index (χ0n) is 17.1. The molecule has 2 aliphatic heterocycles. The molecule has 0 spiro atoms. The fraction of sp³-hybridized carbons (Fsp3) is 0.0714. The zero-order chi connectivity index (χ0) is 21.7. The van der Waals surface area contributed by atoms with E-state index in [-0.39, 0.29) is 11.7 Å². The van der Waals surface area contributed by atoms with E-state index in [9.17, 15) is 9.59 Å². The molecule has 0 fully saturated rings. The number of benzene rings is 4. The summed E-state index contributed by atoms with van der Waals surface area (Å²) in [4.78, 5) is 27.7. The monoisotopic (exact) mass is 417 g/mol. The molecule has 4 heteroatoms. The van der Waals surface area contributed by atoms with Gasteiger partial charge in [-0.15, -0.1) is 0 Å².